The van der Waals surface area contributed by atoms with Gasteiger partial charge in [-0.15, -0.1) is 0 Å². The molecule has 0 saturated heterocycles. The average Bonchev–Trinajstić information content (AvgIpc) is 2.50. The highest BCUT2D eigenvalue weighted by Gasteiger charge is 2.20. The van der Waals surface area contributed by atoms with E-state index in [2.05, 4.69) is 5.32 Å². The van der Waals surface area contributed by atoms with Crippen LogP contribution in [0.4, 0.5) is 11.4 Å². The van der Waals surface area contributed by atoms with E-state index in [4.69, 9.17) is 27.9 Å². The molecular weight excluding hydrogens is 367 g/mol. The van der Waals surface area contributed by atoms with Gasteiger partial charge in [0.1, 0.15) is 11.4 Å². The van der Waals surface area contributed by atoms with Gasteiger partial charge in [-0.3, -0.25) is 14.9 Å². The van der Waals surface area contributed by atoms with Crippen LogP contribution in [0.2, 0.25) is 10.0 Å². The standard InChI is InChI=1S/C17H16Cl2N2O4/c1-9-4-5-14(21(23)24)16(11(9)3)20-15(22)8-25-17-10(2)6-12(18)7-13(17)19/h4-7H,8H2,1-3H3,(H,20,22). The molecule has 0 aliphatic heterocycles. The lowest BCUT2D eigenvalue weighted by molar-refractivity contribution is -0.384. The smallest absolute Gasteiger partial charge is 0.293 e. The SMILES string of the molecule is Cc1ccc([N+](=O)[O-])c(NC(=O)COc2c(C)cc(Cl)cc2Cl)c1C. The van der Waals surface area contributed by atoms with Crippen LogP contribution in [0.15, 0.2) is 24.3 Å². The molecule has 0 aromatic heterocycles. The maximum Gasteiger partial charge on any atom is 0.293 e. The molecule has 6 nitrogen and oxygen atoms in total. The number of aryl methyl sites for hydroxylation is 2. The Bertz CT molecular complexity index is 830. The summed E-state index contributed by atoms with van der Waals surface area (Å²) in [6.45, 7) is 4.92. The van der Waals surface area contributed by atoms with Gasteiger partial charge in [0, 0.05) is 11.1 Å². The number of ether oxygens (including phenoxy) is 1. The van der Waals surface area contributed by atoms with Crippen molar-refractivity contribution in [3.8, 4) is 5.75 Å². The van der Waals surface area contributed by atoms with Crippen LogP contribution in [0.3, 0.4) is 0 Å². The fourth-order valence-corrected chi connectivity index (χ4v) is 2.95. The number of anilines is 1. The molecule has 0 atom stereocenters. The summed E-state index contributed by atoms with van der Waals surface area (Å²) in [4.78, 5) is 22.8. The fraction of sp³-hybridized carbons (Fsp3) is 0.235. The Morgan fingerprint density at radius 2 is 1.88 bits per heavy atom. The summed E-state index contributed by atoms with van der Waals surface area (Å²) in [6, 6.07) is 6.17. The number of benzene rings is 2. The van der Waals surface area contributed by atoms with Gasteiger partial charge in [-0.1, -0.05) is 29.3 Å². The number of carbonyl (C=O) groups is 1. The third kappa shape index (κ3) is 4.41. The molecule has 0 unspecified atom stereocenters. The molecule has 0 saturated carbocycles. The van der Waals surface area contributed by atoms with Gasteiger partial charge >= 0.3 is 0 Å². The highest BCUT2D eigenvalue weighted by Crippen LogP contribution is 2.32. The summed E-state index contributed by atoms with van der Waals surface area (Å²) in [7, 11) is 0. The minimum absolute atomic E-state index is 0.164. The fourth-order valence-electron chi connectivity index (χ4n) is 2.30. The van der Waals surface area contributed by atoms with Crippen LogP contribution in [0.25, 0.3) is 0 Å². The molecule has 0 spiro atoms. The van der Waals surface area contributed by atoms with Gasteiger partial charge in [-0.05, 0) is 49.6 Å². The summed E-state index contributed by atoms with van der Waals surface area (Å²) in [5.74, 6) is -0.182. The van der Waals surface area contributed by atoms with Crippen LogP contribution < -0.4 is 10.1 Å². The van der Waals surface area contributed by atoms with Gasteiger partial charge in [0.25, 0.3) is 11.6 Å². The first-order chi connectivity index (χ1) is 11.7. The highest BCUT2D eigenvalue weighted by atomic mass is 35.5. The van der Waals surface area contributed by atoms with Crippen LogP contribution in [-0.2, 0) is 4.79 Å². The molecule has 0 bridgehead atoms. The second-order valence-electron chi connectivity index (χ2n) is 5.53. The van der Waals surface area contributed by atoms with Crippen LogP contribution in [-0.4, -0.2) is 17.4 Å². The van der Waals surface area contributed by atoms with Crippen molar-refractivity contribution in [1.29, 1.82) is 0 Å². The Kier molecular flexibility index (Phi) is 5.87. The summed E-state index contributed by atoms with van der Waals surface area (Å²) in [5.41, 5.74) is 2.14. The van der Waals surface area contributed by atoms with Crippen molar-refractivity contribution in [2.24, 2.45) is 0 Å². The van der Waals surface area contributed by atoms with E-state index in [0.29, 0.717) is 21.9 Å². The summed E-state index contributed by atoms with van der Waals surface area (Å²) >= 11 is 11.9. The van der Waals surface area contributed by atoms with E-state index in [0.717, 1.165) is 5.56 Å². The number of amides is 1. The summed E-state index contributed by atoms with van der Waals surface area (Å²) in [6.07, 6.45) is 0. The van der Waals surface area contributed by atoms with Crippen molar-refractivity contribution in [1.82, 2.24) is 0 Å². The van der Waals surface area contributed by atoms with Crippen LogP contribution in [0.1, 0.15) is 16.7 Å². The normalized spacial score (nSPS) is 10.4. The Balaban J connectivity index is 2.17. The van der Waals surface area contributed by atoms with Gasteiger partial charge in [-0.2, -0.15) is 0 Å². The number of rotatable bonds is 5. The van der Waals surface area contributed by atoms with Gasteiger partial charge in [0.2, 0.25) is 0 Å². The maximum atomic E-state index is 12.2. The van der Waals surface area contributed by atoms with Crippen molar-refractivity contribution >= 4 is 40.5 Å². The highest BCUT2D eigenvalue weighted by molar-refractivity contribution is 6.35. The zero-order chi connectivity index (χ0) is 18.7. The minimum Gasteiger partial charge on any atom is -0.482 e. The molecule has 25 heavy (non-hydrogen) atoms. The molecule has 132 valence electrons. The molecule has 0 fully saturated rings. The number of nitrogens with zero attached hydrogens (tertiary/aromatic N) is 1. The van der Waals surface area contributed by atoms with Crippen molar-refractivity contribution < 1.29 is 14.5 Å². The zero-order valence-electron chi connectivity index (χ0n) is 13.9. The number of hydrogen-bond acceptors (Lipinski definition) is 4. The van der Waals surface area contributed by atoms with E-state index in [-0.39, 0.29) is 23.0 Å². The van der Waals surface area contributed by atoms with Crippen LogP contribution in [0, 0.1) is 30.9 Å². The molecule has 1 amide bonds. The van der Waals surface area contributed by atoms with Crippen molar-refractivity contribution in [3.05, 3.63) is 61.1 Å². The predicted molar refractivity (Wildman–Crippen MR) is 97.9 cm³/mol. The largest absolute Gasteiger partial charge is 0.482 e. The molecular formula is C17H16Cl2N2O4. The molecule has 1 N–H and O–H groups in total. The lowest BCUT2D eigenvalue weighted by Crippen LogP contribution is -2.22. The van der Waals surface area contributed by atoms with Gasteiger partial charge < -0.3 is 10.1 Å². The number of halogens is 2. The molecule has 2 aromatic rings. The van der Waals surface area contributed by atoms with E-state index in [1.807, 2.05) is 6.92 Å². The van der Waals surface area contributed by atoms with Crippen molar-refractivity contribution in [3.63, 3.8) is 0 Å². The molecule has 2 aromatic carbocycles. The first-order valence-electron chi connectivity index (χ1n) is 7.33. The molecule has 2 rings (SSSR count). The number of nitro groups is 1. The van der Waals surface area contributed by atoms with E-state index in [1.54, 1.807) is 26.0 Å². The van der Waals surface area contributed by atoms with E-state index < -0.39 is 10.8 Å². The Morgan fingerprint density at radius 1 is 1.20 bits per heavy atom. The first-order valence-corrected chi connectivity index (χ1v) is 8.09. The predicted octanol–water partition coefficient (Wildman–Crippen LogP) is 4.84. The van der Waals surface area contributed by atoms with Gasteiger partial charge in [0.15, 0.2) is 6.61 Å². The number of nitrogens with one attached hydrogen (secondary N) is 1. The van der Waals surface area contributed by atoms with Crippen molar-refractivity contribution in [2.75, 3.05) is 11.9 Å². The Morgan fingerprint density at radius 3 is 2.48 bits per heavy atom. The second-order valence-corrected chi connectivity index (χ2v) is 6.37. The third-order valence-electron chi connectivity index (χ3n) is 3.72. The quantitative estimate of drug-likeness (QED) is 0.592. The van der Waals surface area contributed by atoms with E-state index in [1.165, 1.54) is 12.1 Å². The summed E-state index contributed by atoms with van der Waals surface area (Å²) < 4.78 is 5.45. The average molecular weight is 383 g/mol. The maximum absolute atomic E-state index is 12.2. The molecule has 8 heteroatoms. The molecule has 0 heterocycles. The monoisotopic (exact) mass is 382 g/mol. The lowest BCUT2D eigenvalue weighted by Gasteiger charge is -2.13. The van der Waals surface area contributed by atoms with Gasteiger partial charge in [-0.25, -0.2) is 0 Å². The topological polar surface area (TPSA) is 81.5 Å². The molecule has 0 aliphatic rings. The third-order valence-corrected chi connectivity index (χ3v) is 4.22. The number of nitro benzene ring substituents is 1. The van der Waals surface area contributed by atoms with E-state index >= 15 is 0 Å². The number of carbonyl (C=O) groups excluding carboxylic acids is 1. The van der Waals surface area contributed by atoms with Crippen molar-refractivity contribution in [2.45, 2.75) is 20.8 Å². The van der Waals surface area contributed by atoms with Crippen LogP contribution >= 0.6 is 23.2 Å². The van der Waals surface area contributed by atoms with Gasteiger partial charge in [0.05, 0.1) is 9.95 Å². The molecule has 0 radical (unpaired) electrons. The summed E-state index contributed by atoms with van der Waals surface area (Å²) in [5, 5.41) is 14.5. The van der Waals surface area contributed by atoms with E-state index in [9.17, 15) is 14.9 Å². The Labute approximate surface area is 154 Å². The lowest BCUT2D eigenvalue weighted by atomic mass is 10.1. The number of hydrogen-bond donors (Lipinski definition) is 1. The first kappa shape index (κ1) is 19.0. The second kappa shape index (κ2) is 7.72. The zero-order valence-corrected chi connectivity index (χ0v) is 15.4. The minimum atomic E-state index is -0.539. The van der Waals surface area contributed by atoms with Crippen LogP contribution in [0.5, 0.6) is 5.75 Å². The Hall–Kier alpha value is -2.31. The molecule has 0 aliphatic carbocycles.